The van der Waals surface area contributed by atoms with Crippen molar-refractivity contribution in [2.24, 2.45) is 7.05 Å². The van der Waals surface area contributed by atoms with E-state index in [9.17, 15) is 4.79 Å². The number of hydrogen-bond acceptors (Lipinski definition) is 5. The molecule has 0 saturated heterocycles. The third-order valence-corrected chi connectivity index (χ3v) is 4.52. The van der Waals surface area contributed by atoms with Crippen molar-refractivity contribution in [3.8, 4) is 5.88 Å². The van der Waals surface area contributed by atoms with Gasteiger partial charge >= 0.3 is 0 Å². The molecule has 0 bridgehead atoms. The van der Waals surface area contributed by atoms with Gasteiger partial charge in [-0.05, 0) is 18.2 Å². The molecular formula is C19H19N5O2. The van der Waals surface area contributed by atoms with Gasteiger partial charge < -0.3 is 9.64 Å². The Morgan fingerprint density at radius 3 is 2.92 bits per heavy atom. The highest BCUT2D eigenvalue weighted by Gasteiger charge is 2.27. The maximum atomic E-state index is 12.7. The lowest BCUT2D eigenvalue weighted by Crippen LogP contribution is -2.36. The summed E-state index contributed by atoms with van der Waals surface area (Å²) in [4.78, 5) is 22.8. The highest BCUT2D eigenvalue weighted by atomic mass is 16.5. The van der Waals surface area contributed by atoms with Crippen LogP contribution in [-0.4, -0.2) is 37.1 Å². The number of aromatic nitrogens is 4. The third kappa shape index (κ3) is 3.15. The van der Waals surface area contributed by atoms with Crippen LogP contribution in [0.2, 0.25) is 0 Å². The molecule has 0 N–H and O–H groups in total. The number of rotatable bonds is 4. The lowest BCUT2D eigenvalue weighted by molar-refractivity contribution is 0.0732. The summed E-state index contributed by atoms with van der Waals surface area (Å²) < 4.78 is 7.64. The Kier molecular flexibility index (Phi) is 4.35. The first-order valence-corrected chi connectivity index (χ1v) is 8.49. The molecule has 0 spiro atoms. The Labute approximate surface area is 151 Å². The number of fused-ring (bicyclic) bond motifs is 1. The second-order valence-corrected chi connectivity index (χ2v) is 6.17. The topological polar surface area (TPSA) is 73.1 Å². The summed E-state index contributed by atoms with van der Waals surface area (Å²) in [5, 5.41) is 4.59. The average molecular weight is 349 g/mol. The molecular weight excluding hydrogens is 330 g/mol. The van der Waals surface area contributed by atoms with Crippen LogP contribution < -0.4 is 4.74 Å². The van der Waals surface area contributed by atoms with Gasteiger partial charge in [0.2, 0.25) is 5.88 Å². The second kappa shape index (κ2) is 6.95. The quantitative estimate of drug-likeness (QED) is 0.720. The molecule has 132 valence electrons. The van der Waals surface area contributed by atoms with Crippen LogP contribution in [0.25, 0.3) is 0 Å². The average Bonchev–Trinajstić information content (AvgIpc) is 3.02. The molecule has 3 aromatic rings. The molecule has 0 aliphatic carbocycles. The van der Waals surface area contributed by atoms with Gasteiger partial charge in [0.15, 0.2) is 0 Å². The zero-order valence-electron chi connectivity index (χ0n) is 14.5. The molecule has 7 heteroatoms. The number of nitrogens with zero attached hydrogens (tertiary/aromatic N) is 5. The molecule has 0 aromatic carbocycles. The van der Waals surface area contributed by atoms with Crippen molar-refractivity contribution < 1.29 is 9.53 Å². The largest absolute Gasteiger partial charge is 0.471 e. The van der Waals surface area contributed by atoms with Crippen LogP contribution in [0.15, 0.2) is 48.9 Å². The van der Waals surface area contributed by atoms with E-state index in [2.05, 4.69) is 15.1 Å². The minimum atomic E-state index is -0.0100. The predicted octanol–water partition coefficient (Wildman–Crippen LogP) is 1.99. The number of carbonyl (C=O) groups is 1. The lowest BCUT2D eigenvalue weighted by Gasteiger charge is -2.27. The van der Waals surface area contributed by atoms with Crippen molar-refractivity contribution in [3.05, 3.63) is 71.4 Å². The summed E-state index contributed by atoms with van der Waals surface area (Å²) in [6, 6.07) is 9.10. The van der Waals surface area contributed by atoms with Gasteiger partial charge in [0, 0.05) is 62.5 Å². The smallest absolute Gasteiger partial charge is 0.255 e. The zero-order chi connectivity index (χ0) is 17.9. The normalized spacial score (nSPS) is 13.3. The van der Waals surface area contributed by atoms with E-state index in [-0.39, 0.29) is 5.91 Å². The van der Waals surface area contributed by atoms with Gasteiger partial charge in [0.05, 0.1) is 5.56 Å². The molecule has 26 heavy (non-hydrogen) atoms. The van der Waals surface area contributed by atoms with Gasteiger partial charge in [-0.2, -0.15) is 5.10 Å². The maximum absolute atomic E-state index is 12.7. The van der Waals surface area contributed by atoms with Crippen molar-refractivity contribution in [3.63, 3.8) is 0 Å². The van der Waals surface area contributed by atoms with Crippen LogP contribution in [-0.2, 0) is 26.6 Å². The SMILES string of the molecule is Cn1nc(COc2ccccn2)c2c1CCN(C(=O)c1cccnc1)C2. The molecule has 1 aliphatic rings. The summed E-state index contributed by atoms with van der Waals surface area (Å²) in [6.07, 6.45) is 5.73. The Morgan fingerprint density at radius 1 is 1.23 bits per heavy atom. The molecule has 1 aliphatic heterocycles. The van der Waals surface area contributed by atoms with Crippen molar-refractivity contribution in [1.82, 2.24) is 24.6 Å². The van der Waals surface area contributed by atoms with E-state index in [1.807, 2.05) is 34.8 Å². The van der Waals surface area contributed by atoms with E-state index >= 15 is 0 Å². The Balaban J connectivity index is 1.53. The van der Waals surface area contributed by atoms with Gasteiger partial charge in [0.1, 0.15) is 12.3 Å². The fraction of sp³-hybridized carbons (Fsp3) is 0.263. The summed E-state index contributed by atoms with van der Waals surface area (Å²) in [5.41, 5.74) is 3.66. The van der Waals surface area contributed by atoms with Crippen LogP contribution in [0.1, 0.15) is 27.3 Å². The monoisotopic (exact) mass is 349 g/mol. The molecule has 0 saturated carbocycles. The third-order valence-electron chi connectivity index (χ3n) is 4.52. The maximum Gasteiger partial charge on any atom is 0.255 e. The standard InChI is InChI=1S/C19H19N5O2/c1-23-17-7-10-24(19(25)14-5-4-8-20-11-14)12-15(17)16(22-23)13-26-18-6-2-3-9-21-18/h2-6,8-9,11H,7,10,12-13H2,1H3. The van der Waals surface area contributed by atoms with Crippen molar-refractivity contribution in [2.75, 3.05) is 6.54 Å². The van der Waals surface area contributed by atoms with Crippen molar-refractivity contribution in [1.29, 1.82) is 0 Å². The molecule has 4 heterocycles. The molecule has 3 aromatic heterocycles. The van der Waals surface area contributed by atoms with Gasteiger partial charge in [0.25, 0.3) is 5.91 Å². The minimum Gasteiger partial charge on any atom is -0.471 e. The summed E-state index contributed by atoms with van der Waals surface area (Å²) in [7, 11) is 1.93. The van der Waals surface area contributed by atoms with E-state index in [0.29, 0.717) is 31.1 Å². The first kappa shape index (κ1) is 16.3. The van der Waals surface area contributed by atoms with Gasteiger partial charge in [-0.3, -0.25) is 14.5 Å². The van der Waals surface area contributed by atoms with Crippen LogP contribution >= 0.6 is 0 Å². The van der Waals surface area contributed by atoms with Gasteiger partial charge in [-0.15, -0.1) is 0 Å². The lowest BCUT2D eigenvalue weighted by atomic mass is 10.0. The number of aryl methyl sites for hydroxylation is 1. The molecule has 0 unspecified atom stereocenters. The Hall–Kier alpha value is -3.22. The second-order valence-electron chi connectivity index (χ2n) is 6.17. The Morgan fingerprint density at radius 2 is 2.15 bits per heavy atom. The van der Waals surface area contributed by atoms with E-state index in [4.69, 9.17) is 4.74 Å². The molecule has 7 nitrogen and oxygen atoms in total. The first-order chi connectivity index (χ1) is 12.7. The summed E-state index contributed by atoms with van der Waals surface area (Å²) in [6.45, 7) is 1.52. The number of ether oxygens (including phenoxy) is 1. The van der Waals surface area contributed by atoms with E-state index < -0.39 is 0 Å². The number of hydrogen-bond donors (Lipinski definition) is 0. The number of pyridine rings is 2. The first-order valence-electron chi connectivity index (χ1n) is 8.49. The van der Waals surface area contributed by atoms with Crippen LogP contribution in [0.3, 0.4) is 0 Å². The number of carbonyl (C=O) groups excluding carboxylic acids is 1. The number of amides is 1. The van der Waals surface area contributed by atoms with Crippen LogP contribution in [0, 0.1) is 0 Å². The highest BCUT2D eigenvalue weighted by Crippen LogP contribution is 2.24. The fourth-order valence-electron chi connectivity index (χ4n) is 3.21. The predicted molar refractivity (Wildman–Crippen MR) is 94.5 cm³/mol. The van der Waals surface area contributed by atoms with E-state index in [1.165, 1.54) is 0 Å². The minimum absolute atomic E-state index is 0.0100. The van der Waals surface area contributed by atoms with E-state index in [0.717, 1.165) is 23.4 Å². The molecule has 0 atom stereocenters. The summed E-state index contributed by atoms with van der Waals surface area (Å²) in [5.74, 6) is 0.551. The highest BCUT2D eigenvalue weighted by molar-refractivity contribution is 5.94. The van der Waals surface area contributed by atoms with Gasteiger partial charge in [-0.1, -0.05) is 6.07 Å². The molecule has 1 amide bonds. The molecule has 4 rings (SSSR count). The van der Waals surface area contributed by atoms with Crippen LogP contribution in [0.4, 0.5) is 0 Å². The Bertz CT molecular complexity index is 908. The summed E-state index contributed by atoms with van der Waals surface area (Å²) >= 11 is 0. The molecule has 0 fully saturated rings. The van der Waals surface area contributed by atoms with Crippen LogP contribution in [0.5, 0.6) is 5.88 Å². The van der Waals surface area contributed by atoms with Crippen molar-refractivity contribution >= 4 is 5.91 Å². The van der Waals surface area contributed by atoms with Gasteiger partial charge in [-0.25, -0.2) is 4.98 Å². The molecule has 0 radical (unpaired) electrons. The fourth-order valence-corrected chi connectivity index (χ4v) is 3.21. The zero-order valence-corrected chi connectivity index (χ0v) is 14.5. The van der Waals surface area contributed by atoms with E-state index in [1.54, 1.807) is 30.7 Å². The van der Waals surface area contributed by atoms with Crippen molar-refractivity contribution in [2.45, 2.75) is 19.6 Å².